The number of fused-ring (bicyclic) bond motifs is 3. The SMILES string of the molecule is CCOC(=O)c1nc2n(n1)-c1ccc(Br)c(Cl)c1C(c1ncccc1F)=NC2C. The van der Waals surface area contributed by atoms with E-state index in [1.165, 1.54) is 23.0 Å². The summed E-state index contributed by atoms with van der Waals surface area (Å²) in [5, 5.41) is 4.63. The van der Waals surface area contributed by atoms with Gasteiger partial charge in [-0.05, 0) is 54.0 Å². The minimum absolute atomic E-state index is 0.0666. The van der Waals surface area contributed by atoms with Gasteiger partial charge in [0.1, 0.15) is 11.7 Å². The number of nitrogens with zero attached hydrogens (tertiary/aromatic N) is 5. The van der Waals surface area contributed by atoms with Gasteiger partial charge >= 0.3 is 5.97 Å². The first-order valence-corrected chi connectivity index (χ1v) is 9.91. The van der Waals surface area contributed by atoms with Crippen molar-refractivity contribution in [2.75, 3.05) is 6.61 Å². The zero-order valence-electron chi connectivity index (χ0n) is 15.4. The standard InChI is InChI=1S/C19H14BrClFN5O2/c1-3-29-19(28)17-25-18-9(2)24-16(15-11(22)5-4-8-23-15)13-12(27(18)26-17)7-6-10(20)14(13)21/h4-9H,3H2,1-2H3. The molecule has 0 fully saturated rings. The normalized spacial score (nSPS) is 15.2. The number of rotatable bonds is 3. The van der Waals surface area contributed by atoms with Gasteiger partial charge in [0.2, 0.25) is 0 Å². The van der Waals surface area contributed by atoms with Crippen LogP contribution in [0.2, 0.25) is 5.02 Å². The van der Waals surface area contributed by atoms with Gasteiger partial charge in [0, 0.05) is 16.2 Å². The minimum Gasteiger partial charge on any atom is -0.460 e. The largest absolute Gasteiger partial charge is 0.460 e. The molecule has 0 saturated heterocycles. The van der Waals surface area contributed by atoms with Crippen LogP contribution < -0.4 is 0 Å². The molecule has 10 heteroatoms. The molecule has 0 aliphatic carbocycles. The lowest BCUT2D eigenvalue weighted by Gasteiger charge is -2.13. The fraction of sp³-hybridized carbons (Fsp3) is 0.211. The summed E-state index contributed by atoms with van der Waals surface area (Å²) >= 11 is 9.98. The number of pyridine rings is 1. The summed E-state index contributed by atoms with van der Waals surface area (Å²) in [5.41, 5.74) is 1.29. The first-order chi connectivity index (χ1) is 13.9. The van der Waals surface area contributed by atoms with Crippen molar-refractivity contribution in [2.45, 2.75) is 19.9 Å². The van der Waals surface area contributed by atoms with Crippen molar-refractivity contribution in [3.05, 3.63) is 68.7 Å². The lowest BCUT2D eigenvalue weighted by Crippen LogP contribution is -2.13. The minimum atomic E-state index is -0.634. The summed E-state index contributed by atoms with van der Waals surface area (Å²) in [6.45, 7) is 3.67. The zero-order chi connectivity index (χ0) is 20.7. The number of halogens is 3. The second-order valence-electron chi connectivity index (χ2n) is 6.17. The highest BCUT2D eigenvalue weighted by Crippen LogP contribution is 2.37. The molecule has 1 aromatic carbocycles. The van der Waals surface area contributed by atoms with Crippen LogP contribution in [0.25, 0.3) is 5.69 Å². The zero-order valence-corrected chi connectivity index (χ0v) is 17.7. The maximum atomic E-state index is 14.6. The van der Waals surface area contributed by atoms with Gasteiger partial charge in [-0.1, -0.05) is 11.6 Å². The molecule has 0 bridgehead atoms. The Bertz CT molecular complexity index is 1160. The molecule has 3 heterocycles. The molecule has 0 N–H and O–H groups in total. The van der Waals surface area contributed by atoms with Crippen LogP contribution in [0.5, 0.6) is 0 Å². The molecule has 2 aromatic heterocycles. The average molecular weight is 479 g/mol. The van der Waals surface area contributed by atoms with E-state index in [1.54, 1.807) is 26.0 Å². The second-order valence-corrected chi connectivity index (χ2v) is 7.40. The maximum absolute atomic E-state index is 14.6. The van der Waals surface area contributed by atoms with Gasteiger partial charge in [0.05, 0.1) is 23.0 Å². The summed E-state index contributed by atoms with van der Waals surface area (Å²) in [4.78, 5) is 25.2. The number of aliphatic imine (C=N–C) groups is 1. The van der Waals surface area contributed by atoms with Crippen LogP contribution in [0.1, 0.15) is 47.6 Å². The third-order valence-corrected chi connectivity index (χ3v) is 5.59. The topological polar surface area (TPSA) is 82.3 Å². The van der Waals surface area contributed by atoms with E-state index in [0.717, 1.165) is 0 Å². The quantitative estimate of drug-likeness (QED) is 0.524. The molecule has 1 atom stereocenters. The second kappa shape index (κ2) is 7.64. The van der Waals surface area contributed by atoms with Gasteiger partial charge in [-0.25, -0.2) is 18.9 Å². The Balaban J connectivity index is 2.00. The smallest absolute Gasteiger partial charge is 0.378 e. The van der Waals surface area contributed by atoms with Crippen LogP contribution >= 0.6 is 27.5 Å². The molecule has 4 rings (SSSR count). The van der Waals surface area contributed by atoms with Crippen LogP contribution in [0.3, 0.4) is 0 Å². The maximum Gasteiger partial charge on any atom is 0.378 e. The molecular formula is C19H14BrClFN5O2. The molecule has 0 saturated carbocycles. The van der Waals surface area contributed by atoms with Crippen LogP contribution in [0, 0.1) is 5.82 Å². The van der Waals surface area contributed by atoms with Crippen molar-refractivity contribution in [3.63, 3.8) is 0 Å². The Kier molecular flexibility index (Phi) is 5.18. The van der Waals surface area contributed by atoms with E-state index < -0.39 is 17.8 Å². The molecule has 7 nitrogen and oxygen atoms in total. The number of benzene rings is 1. The van der Waals surface area contributed by atoms with Crippen LogP contribution in [0.4, 0.5) is 4.39 Å². The van der Waals surface area contributed by atoms with Gasteiger partial charge in [-0.2, -0.15) is 0 Å². The molecule has 148 valence electrons. The van der Waals surface area contributed by atoms with E-state index in [9.17, 15) is 9.18 Å². The van der Waals surface area contributed by atoms with E-state index in [4.69, 9.17) is 16.3 Å². The van der Waals surface area contributed by atoms with Gasteiger partial charge in [-0.15, -0.1) is 5.10 Å². The summed E-state index contributed by atoms with van der Waals surface area (Å²) in [6.07, 6.45) is 1.48. The third-order valence-electron chi connectivity index (χ3n) is 4.31. The van der Waals surface area contributed by atoms with Crippen LogP contribution in [0.15, 0.2) is 39.9 Å². The monoisotopic (exact) mass is 477 g/mol. The average Bonchev–Trinajstić information content (AvgIpc) is 3.10. The van der Waals surface area contributed by atoms with Crippen molar-refractivity contribution in [2.24, 2.45) is 4.99 Å². The van der Waals surface area contributed by atoms with Crippen molar-refractivity contribution >= 4 is 39.2 Å². The van der Waals surface area contributed by atoms with E-state index in [1.807, 2.05) is 0 Å². The van der Waals surface area contributed by atoms with Crippen LogP contribution in [-0.2, 0) is 4.74 Å². The van der Waals surface area contributed by atoms with E-state index >= 15 is 0 Å². The Morgan fingerprint density at radius 3 is 2.90 bits per heavy atom. The highest BCUT2D eigenvalue weighted by atomic mass is 79.9. The Morgan fingerprint density at radius 2 is 2.17 bits per heavy atom. The highest BCUT2D eigenvalue weighted by molar-refractivity contribution is 9.10. The van der Waals surface area contributed by atoms with Crippen LogP contribution in [-0.4, -0.2) is 38.0 Å². The predicted octanol–water partition coefficient (Wildman–Crippen LogP) is 4.31. The molecule has 0 radical (unpaired) electrons. The molecule has 1 aliphatic rings. The first-order valence-electron chi connectivity index (χ1n) is 8.73. The van der Waals surface area contributed by atoms with Gasteiger partial charge in [-0.3, -0.25) is 9.98 Å². The summed E-state index contributed by atoms with van der Waals surface area (Å²) in [7, 11) is 0. The Hall–Kier alpha value is -2.65. The third kappa shape index (κ3) is 3.34. The Morgan fingerprint density at radius 1 is 1.38 bits per heavy atom. The summed E-state index contributed by atoms with van der Waals surface area (Å²) < 4.78 is 21.7. The first kappa shape index (κ1) is 19.7. The lowest BCUT2D eigenvalue weighted by atomic mass is 10.0. The molecule has 0 amide bonds. The van der Waals surface area contributed by atoms with E-state index in [-0.39, 0.29) is 23.8 Å². The molecule has 29 heavy (non-hydrogen) atoms. The molecular weight excluding hydrogens is 465 g/mol. The molecule has 0 spiro atoms. The number of carbonyl (C=O) groups is 1. The number of esters is 1. The van der Waals surface area contributed by atoms with Crippen molar-refractivity contribution < 1.29 is 13.9 Å². The number of ether oxygens (including phenoxy) is 1. The molecule has 1 unspecified atom stereocenters. The molecule has 3 aromatic rings. The number of aromatic nitrogens is 4. The fourth-order valence-corrected chi connectivity index (χ4v) is 3.63. The number of hydrogen-bond acceptors (Lipinski definition) is 6. The summed E-state index contributed by atoms with van der Waals surface area (Å²) in [5.74, 6) is -0.842. The Labute approximate surface area is 178 Å². The summed E-state index contributed by atoms with van der Waals surface area (Å²) in [6, 6.07) is 5.73. The fourth-order valence-electron chi connectivity index (χ4n) is 3.05. The molecule has 1 aliphatic heterocycles. The van der Waals surface area contributed by atoms with Crippen molar-refractivity contribution in [1.29, 1.82) is 0 Å². The number of hydrogen-bond donors (Lipinski definition) is 0. The van der Waals surface area contributed by atoms with E-state index in [2.05, 4.69) is 36.0 Å². The van der Waals surface area contributed by atoms with Gasteiger partial charge < -0.3 is 4.74 Å². The lowest BCUT2D eigenvalue weighted by molar-refractivity contribution is 0.0512. The predicted molar refractivity (Wildman–Crippen MR) is 108 cm³/mol. The van der Waals surface area contributed by atoms with Crippen molar-refractivity contribution in [3.8, 4) is 5.69 Å². The van der Waals surface area contributed by atoms with Gasteiger partial charge in [0.15, 0.2) is 11.6 Å². The van der Waals surface area contributed by atoms with E-state index in [0.29, 0.717) is 26.6 Å². The van der Waals surface area contributed by atoms with Crippen molar-refractivity contribution in [1.82, 2.24) is 19.7 Å². The number of carbonyl (C=O) groups excluding carboxylic acids is 1. The van der Waals surface area contributed by atoms with Gasteiger partial charge in [0.25, 0.3) is 5.82 Å². The highest BCUT2D eigenvalue weighted by Gasteiger charge is 2.31.